The average molecular weight is 414 g/mol. The van der Waals surface area contributed by atoms with Gasteiger partial charge in [-0.25, -0.2) is 4.98 Å². The van der Waals surface area contributed by atoms with E-state index >= 15 is 0 Å². The van der Waals surface area contributed by atoms with E-state index in [0.29, 0.717) is 6.61 Å². The molecule has 0 radical (unpaired) electrons. The Labute approximate surface area is 175 Å². The van der Waals surface area contributed by atoms with Crippen molar-refractivity contribution < 1.29 is 19.2 Å². The predicted molar refractivity (Wildman–Crippen MR) is 112 cm³/mol. The molecule has 1 aliphatic heterocycles. The van der Waals surface area contributed by atoms with Crippen molar-refractivity contribution in [3.8, 4) is 11.5 Å². The van der Waals surface area contributed by atoms with Crippen molar-refractivity contribution >= 4 is 17.4 Å². The highest BCUT2D eigenvalue weighted by Crippen LogP contribution is 2.34. The highest BCUT2D eigenvalue weighted by Gasteiger charge is 2.24. The third kappa shape index (κ3) is 4.97. The summed E-state index contributed by atoms with van der Waals surface area (Å²) >= 11 is 0. The van der Waals surface area contributed by atoms with E-state index in [-0.39, 0.29) is 29.3 Å². The Kier molecular flexibility index (Phi) is 7.05. The highest BCUT2D eigenvalue weighted by atomic mass is 16.6. The molecule has 0 atom stereocenters. The molecule has 1 N–H and O–H groups in total. The number of carbonyl (C=O) groups excluding carboxylic acids is 1. The first-order chi connectivity index (χ1) is 14.5. The first kappa shape index (κ1) is 21.4. The molecule has 1 aliphatic rings. The van der Waals surface area contributed by atoms with Crippen LogP contribution in [0.15, 0.2) is 30.5 Å². The molecule has 9 heteroatoms. The first-order valence-corrected chi connectivity index (χ1v) is 10.0. The number of nitrogens with one attached hydrogen (secondary N) is 1. The quantitative estimate of drug-likeness (QED) is 0.521. The lowest BCUT2D eigenvalue weighted by Crippen LogP contribution is -2.30. The Hall–Kier alpha value is -3.36. The molecule has 0 spiro atoms. The minimum absolute atomic E-state index is 0.0850. The van der Waals surface area contributed by atoms with Gasteiger partial charge < -0.3 is 19.7 Å². The topological polar surface area (TPSA) is 107 Å². The van der Waals surface area contributed by atoms with Crippen LogP contribution in [-0.2, 0) is 6.54 Å². The summed E-state index contributed by atoms with van der Waals surface area (Å²) in [6.45, 7) is 4.30. The van der Waals surface area contributed by atoms with Crippen LogP contribution in [0.3, 0.4) is 0 Å². The van der Waals surface area contributed by atoms with Gasteiger partial charge >= 0.3 is 0 Å². The molecule has 0 bridgehead atoms. The second-order valence-electron chi connectivity index (χ2n) is 6.97. The molecule has 9 nitrogen and oxygen atoms in total. The summed E-state index contributed by atoms with van der Waals surface area (Å²) in [5.41, 5.74) is 0.387. The van der Waals surface area contributed by atoms with Crippen LogP contribution in [0.1, 0.15) is 42.1 Å². The summed E-state index contributed by atoms with van der Waals surface area (Å²) < 4.78 is 10.6. The van der Waals surface area contributed by atoms with Crippen molar-refractivity contribution in [3.05, 3.63) is 51.7 Å². The zero-order valence-electron chi connectivity index (χ0n) is 17.2. The van der Waals surface area contributed by atoms with E-state index in [0.717, 1.165) is 24.5 Å². The molecule has 1 aromatic heterocycles. The van der Waals surface area contributed by atoms with E-state index < -0.39 is 10.8 Å². The normalized spacial score (nSPS) is 13.6. The lowest BCUT2D eigenvalue weighted by atomic mass is 10.1. The fourth-order valence-corrected chi connectivity index (χ4v) is 3.42. The van der Waals surface area contributed by atoms with Crippen molar-refractivity contribution in [3.63, 3.8) is 0 Å². The number of aromatic nitrogens is 1. The second kappa shape index (κ2) is 9.91. The molecule has 3 rings (SSSR count). The van der Waals surface area contributed by atoms with Crippen LogP contribution in [-0.4, -0.2) is 42.6 Å². The fraction of sp³-hybridized carbons (Fsp3) is 0.429. The maximum Gasteiger partial charge on any atom is 0.286 e. The molecule has 1 fully saturated rings. The zero-order valence-corrected chi connectivity index (χ0v) is 17.2. The zero-order chi connectivity index (χ0) is 21.5. The molecular weight excluding hydrogens is 388 g/mol. The van der Waals surface area contributed by atoms with Gasteiger partial charge in [-0.05, 0) is 37.8 Å². The fourth-order valence-electron chi connectivity index (χ4n) is 3.42. The SMILES string of the molecule is CCOc1cc([N+](=O)[O-])c(C(=O)NCc2ccc(N3CCCCC3)nc2)cc1OC. The lowest BCUT2D eigenvalue weighted by Gasteiger charge is -2.27. The molecule has 1 aromatic carbocycles. The number of methoxy groups -OCH3 is 1. The van der Waals surface area contributed by atoms with Gasteiger partial charge in [-0.3, -0.25) is 14.9 Å². The van der Waals surface area contributed by atoms with Gasteiger partial charge in [0.1, 0.15) is 11.4 Å². The number of pyridine rings is 1. The number of ether oxygens (including phenoxy) is 2. The van der Waals surface area contributed by atoms with Crippen molar-refractivity contribution in [1.82, 2.24) is 10.3 Å². The van der Waals surface area contributed by atoms with Crippen LogP contribution in [0.2, 0.25) is 0 Å². The van der Waals surface area contributed by atoms with E-state index in [2.05, 4.69) is 15.2 Å². The highest BCUT2D eigenvalue weighted by molar-refractivity contribution is 5.99. The molecule has 2 heterocycles. The third-order valence-electron chi connectivity index (χ3n) is 4.97. The number of rotatable bonds is 8. The van der Waals surface area contributed by atoms with Crippen molar-refractivity contribution in [2.24, 2.45) is 0 Å². The third-order valence-corrected chi connectivity index (χ3v) is 4.97. The van der Waals surface area contributed by atoms with Crippen LogP contribution in [0.25, 0.3) is 0 Å². The molecule has 30 heavy (non-hydrogen) atoms. The molecule has 0 saturated carbocycles. The minimum Gasteiger partial charge on any atom is -0.493 e. The number of anilines is 1. The number of hydrogen-bond acceptors (Lipinski definition) is 7. The summed E-state index contributed by atoms with van der Waals surface area (Å²) in [6.07, 6.45) is 5.31. The van der Waals surface area contributed by atoms with Crippen LogP contribution in [0.5, 0.6) is 11.5 Å². The van der Waals surface area contributed by atoms with Crippen LogP contribution >= 0.6 is 0 Å². The number of nitro benzene ring substituents is 1. The lowest BCUT2D eigenvalue weighted by molar-refractivity contribution is -0.385. The summed E-state index contributed by atoms with van der Waals surface area (Å²) in [5, 5.41) is 14.2. The van der Waals surface area contributed by atoms with Gasteiger partial charge in [0.15, 0.2) is 11.5 Å². The van der Waals surface area contributed by atoms with E-state index in [1.54, 1.807) is 13.1 Å². The van der Waals surface area contributed by atoms with E-state index in [9.17, 15) is 14.9 Å². The minimum atomic E-state index is -0.605. The smallest absolute Gasteiger partial charge is 0.286 e. The van der Waals surface area contributed by atoms with Gasteiger partial charge in [-0.15, -0.1) is 0 Å². The largest absolute Gasteiger partial charge is 0.493 e. The van der Waals surface area contributed by atoms with Crippen LogP contribution in [0, 0.1) is 10.1 Å². The van der Waals surface area contributed by atoms with Crippen LogP contribution < -0.4 is 19.7 Å². The summed E-state index contributed by atoms with van der Waals surface area (Å²) in [6, 6.07) is 6.39. The maximum atomic E-state index is 12.7. The standard InChI is InChI=1S/C21H26N4O5/c1-3-30-19-12-17(25(27)28)16(11-18(19)29-2)21(26)23-14-15-7-8-20(22-13-15)24-9-5-4-6-10-24/h7-8,11-13H,3-6,9-10,14H2,1-2H3,(H,23,26). The van der Waals surface area contributed by atoms with Gasteiger partial charge in [0.2, 0.25) is 0 Å². The van der Waals surface area contributed by atoms with Gasteiger partial charge in [0.05, 0.1) is 24.7 Å². The maximum absolute atomic E-state index is 12.7. The molecule has 160 valence electrons. The second-order valence-corrected chi connectivity index (χ2v) is 6.97. The van der Waals surface area contributed by atoms with Gasteiger partial charge in [-0.1, -0.05) is 6.07 Å². The van der Waals surface area contributed by atoms with Gasteiger partial charge in [-0.2, -0.15) is 0 Å². The number of carbonyl (C=O) groups is 1. The number of amides is 1. The summed E-state index contributed by atoms with van der Waals surface area (Å²) in [4.78, 5) is 30.2. The molecule has 0 unspecified atom stereocenters. The number of hydrogen-bond donors (Lipinski definition) is 1. The molecule has 2 aromatic rings. The average Bonchev–Trinajstić information content (AvgIpc) is 2.78. The number of piperidine rings is 1. The van der Waals surface area contributed by atoms with E-state index in [1.807, 2.05) is 12.1 Å². The number of nitrogens with zero attached hydrogens (tertiary/aromatic N) is 3. The number of nitro groups is 1. The van der Waals surface area contributed by atoms with Crippen molar-refractivity contribution in [2.75, 3.05) is 31.7 Å². The van der Waals surface area contributed by atoms with Gasteiger partial charge in [0.25, 0.3) is 11.6 Å². The predicted octanol–water partition coefficient (Wildman–Crippen LogP) is 3.32. The molecule has 1 saturated heterocycles. The van der Waals surface area contributed by atoms with Gasteiger partial charge in [0, 0.05) is 31.9 Å². The monoisotopic (exact) mass is 414 g/mol. The Bertz CT molecular complexity index is 895. The van der Waals surface area contributed by atoms with Crippen molar-refractivity contribution in [2.45, 2.75) is 32.7 Å². The summed E-state index contributed by atoms with van der Waals surface area (Å²) in [5.74, 6) is 0.848. The molecule has 0 aliphatic carbocycles. The Morgan fingerprint density at radius 3 is 2.60 bits per heavy atom. The first-order valence-electron chi connectivity index (χ1n) is 10.0. The Morgan fingerprint density at radius 2 is 2.00 bits per heavy atom. The van der Waals surface area contributed by atoms with E-state index in [4.69, 9.17) is 9.47 Å². The van der Waals surface area contributed by atoms with Crippen molar-refractivity contribution in [1.29, 1.82) is 0 Å². The Morgan fingerprint density at radius 1 is 1.23 bits per heavy atom. The van der Waals surface area contributed by atoms with E-state index in [1.165, 1.54) is 38.5 Å². The molecular formula is C21H26N4O5. The molecule has 1 amide bonds. The summed E-state index contributed by atoms with van der Waals surface area (Å²) in [7, 11) is 1.42. The Balaban J connectivity index is 1.71. The van der Waals surface area contributed by atoms with Crippen LogP contribution in [0.4, 0.5) is 11.5 Å². The number of benzene rings is 1.